The maximum absolute atomic E-state index is 11.8. The fourth-order valence-electron chi connectivity index (χ4n) is 2.41. The first-order valence-electron chi connectivity index (χ1n) is 6.67. The molecule has 1 fully saturated rings. The molecule has 20 heavy (non-hydrogen) atoms. The van der Waals surface area contributed by atoms with E-state index in [9.17, 15) is 4.79 Å². The summed E-state index contributed by atoms with van der Waals surface area (Å²) in [5.41, 5.74) is 1.79. The largest absolute Gasteiger partial charge is 0.496 e. The van der Waals surface area contributed by atoms with Crippen LogP contribution in [0.3, 0.4) is 0 Å². The van der Waals surface area contributed by atoms with E-state index in [-0.39, 0.29) is 5.91 Å². The lowest BCUT2D eigenvalue weighted by atomic mass is 9.78. The van der Waals surface area contributed by atoms with Gasteiger partial charge in [-0.25, -0.2) is 0 Å². The quantitative estimate of drug-likeness (QED) is 0.797. The molecular weight excluding hydrogens is 321 g/mol. The first-order valence-corrected chi connectivity index (χ1v) is 7.47. The molecule has 0 spiro atoms. The Balaban J connectivity index is 2.01. The number of carbonyl (C=O) groups excluding carboxylic acids is 1. The molecule has 1 amide bonds. The van der Waals surface area contributed by atoms with Crippen LogP contribution in [0.4, 0.5) is 0 Å². The summed E-state index contributed by atoms with van der Waals surface area (Å²) in [5.74, 6) is -0.0368. The summed E-state index contributed by atoms with van der Waals surface area (Å²) >= 11 is 3.56. The van der Waals surface area contributed by atoms with E-state index in [1.54, 1.807) is 0 Å². The van der Waals surface area contributed by atoms with Crippen molar-refractivity contribution in [3.8, 4) is 0 Å². The second kappa shape index (κ2) is 4.32. The van der Waals surface area contributed by atoms with Crippen molar-refractivity contribution in [1.82, 2.24) is 5.32 Å². The normalized spacial score (nSPS) is 22.9. The Morgan fingerprint density at radius 3 is 2.40 bits per heavy atom. The van der Waals surface area contributed by atoms with Gasteiger partial charge in [0.15, 0.2) is 0 Å². The van der Waals surface area contributed by atoms with Crippen molar-refractivity contribution >= 4 is 34.4 Å². The molecule has 6 heteroatoms. The second-order valence-electron chi connectivity index (χ2n) is 6.30. The monoisotopic (exact) mass is 337 g/mol. The molecule has 2 heterocycles. The molecule has 0 unspecified atom stereocenters. The minimum Gasteiger partial charge on any atom is -0.399 e. The standard InChI is InChI=1S/C14H17BBrNO3/c1-13(2)14(3,4)20-15(19-13)10-6-9-8(5-11(10)16)7-17-12(9)18/h5-6H,7H2,1-4H3,(H,17,18). The SMILES string of the molecule is CC1(C)OB(c2cc3c(cc2Br)CNC3=O)OC1(C)C. The molecule has 106 valence electrons. The summed E-state index contributed by atoms with van der Waals surface area (Å²) in [4.78, 5) is 11.8. The highest BCUT2D eigenvalue weighted by Crippen LogP contribution is 2.37. The van der Waals surface area contributed by atoms with Crippen LogP contribution >= 0.6 is 15.9 Å². The summed E-state index contributed by atoms with van der Waals surface area (Å²) in [6, 6.07) is 3.83. The predicted octanol–water partition coefficient (Wildman–Crippen LogP) is 1.99. The molecule has 0 aliphatic carbocycles. The zero-order valence-corrected chi connectivity index (χ0v) is 13.6. The number of hydrogen-bond acceptors (Lipinski definition) is 3. The minimum atomic E-state index is -0.465. The third-order valence-corrected chi connectivity index (χ3v) is 5.10. The van der Waals surface area contributed by atoms with Crippen molar-refractivity contribution in [1.29, 1.82) is 0 Å². The third kappa shape index (κ3) is 2.01. The van der Waals surface area contributed by atoms with Crippen LogP contribution in [0.2, 0.25) is 0 Å². The van der Waals surface area contributed by atoms with Gasteiger partial charge in [0.25, 0.3) is 5.91 Å². The van der Waals surface area contributed by atoms with E-state index in [2.05, 4.69) is 21.2 Å². The van der Waals surface area contributed by atoms with Crippen LogP contribution in [-0.2, 0) is 15.9 Å². The van der Waals surface area contributed by atoms with Gasteiger partial charge in [-0.2, -0.15) is 0 Å². The van der Waals surface area contributed by atoms with Crippen LogP contribution in [-0.4, -0.2) is 24.2 Å². The number of fused-ring (bicyclic) bond motifs is 1. The lowest BCUT2D eigenvalue weighted by molar-refractivity contribution is 0.00578. The molecule has 1 saturated heterocycles. The zero-order chi connectivity index (χ0) is 14.7. The van der Waals surface area contributed by atoms with Gasteiger partial charge < -0.3 is 14.6 Å². The average molecular weight is 338 g/mol. The Labute approximate surface area is 127 Å². The van der Waals surface area contributed by atoms with E-state index in [1.165, 1.54) is 0 Å². The molecule has 1 aromatic rings. The van der Waals surface area contributed by atoms with Gasteiger partial charge in [0.2, 0.25) is 0 Å². The number of nitrogens with one attached hydrogen (secondary N) is 1. The molecule has 0 atom stereocenters. The van der Waals surface area contributed by atoms with Crippen molar-refractivity contribution in [2.75, 3.05) is 0 Å². The fourth-order valence-corrected chi connectivity index (χ4v) is 2.99. The van der Waals surface area contributed by atoms with Crippen LogP contribution in [0.1, 0.15) is 43.6 Å². The molecule has 0 aromatic heterocycles. The Morgan fingerprint density at radius 2 is 1.80 bits per heavy atom. The topological polar surface area (TPSA) is 47.6 Å². The zero-order valence-electron chi connectivity index (χ0n) is 12.0. The van der Waals surface area contributed by atoms with E-state index in [4.69, 9.17) is 9.31 Å². The highest BCUT2D eigenvalue weighted by Gasteiger charge is 2.52. The van der Waals surface area contributed by atoms with E-state index < -0.39 is 18.3 Å². The van der Waals surface area contributed by atoms with Gasteiger partial charge in [0.05, 0.1) is 11.2 Å². The highest BCUT2D eigenvalue weighted by atomic mass is 79.9. The molecule has 2 aliphatic heterocycles. The van der Waals surface area contributed by atoms with Crippen LogP contribution in [0.15, 0.2) is 16.6 Å². The summed E-state index contributed by atoms with van der Waals surface area (Å²) in [7, 11) is -0.465. The molecular formula is C14H17BBrNO3. The minimum absolute atomic E-state index is 0.0368. The van der Waals surface area contributed by atoms with Crippen LogP contribution < -0.4 is 10.8 Å². The summed E-state index contributed by atoms with van der Waals surface area (Å²) in [6.07, 6.45) is 0. The predicted molar refractivity (Wildman–Crippen MR) is 81.0 cm³/mol. The van der Waals surface area contributed by atoms with E-state index in [0.717, 1.165) is 15.5 Å². The third-order valence-electron chi connectivity index (χ3n) is 4.41. The van der Waals surface area contributed by atoms with E-state index >= 15 is 0 Å². The molecule has 0 bridgehead atoms. The van der Waals surface area contributed by atoms with Gasteiger partial charge in [0, 0.05) is 16.6 Å². The van der Waals surface area contributed by atoms with Crippen LogP contribution in [0.5, 0.6) is 0 Å². The molecule has 4 nitrogen and oxygen atoms in total. The summed E-state index contributed by atoms with van der Waals surface area (Å²) in [5, 5.41) is 2.82. The van der Waals surface area contributed by atoms with Gasteiger partial charge in [-0.3, -0.25) is 4.79 Å². The maximum Gasteiger partial charge on any atom is 0.496 e. The van der Waals surface area contributed by atoms with Crippen molar-refractivity contribution in [2.24, 2.45) is 0 Å². The Kier molecular flexibility index (Phi) is 3.05. The Bertz CT molecular complexity index is 584. The number of rotatable bonds is 1. The second-order valence-corrected chi connectivity index (χ2v) is 7.16. The van der Waals surface area contributed by atoms with E-state index in [1.807, 2.05) is 39.8 Å². The first kappa shape index (κ1) is 14.1. The van der Waals surface area contributed by atoms with Crippen molar-refractivity contribution < 1.29 is 14.1 Å². The lowest BCUT2D eigenvalue weighted by Gasteiger charge is -2.32. The average Bonchev–Trinajstić information content (AvgIpc) is 2.77. The van der Waals surface area contributed by atoms with Gasteiger partial charge in [-0.05, 0) is 50.9 Å². The molecule has 1 N–H and O–H groups in total. The van der Waals surface area contributed by atoms with Gasteiger partial charge in [-0.15, -0.1) is 0 Å². The molecule has 0 saturated carbocycles. The van der Waals surface area contributed by atoms with Crippen molar-refractivity contribution in [3.63, 3.8) is 0 Å². The highest BCUT2D eigenvalue weighted by molar-refractivity contribution is 9.10. The van der Waals surface area contributed by atoms with E-state index in [0.29, 0.717) is 12.1 Å². The van der Waals surface area contributed by atoms with Gasteiger partial charge in [0.1, 0.15) is 0 Å². The molecule has 3 rings (SSSR count). The van der Waals surface area contributed by atoms with Crippen molar-refractivity contribution in [3.05, 3.63) is 27.7 Å². The number of amides is 1. The van der Waals surface area contributed by atoms with Crippen LogP contribution in [0, 0.1) is 0 Å². The van der Waals surface area contributed by atoms with Crippen molar-refractivity contribution in [2.45, 2.75) is 45.4 Å². The van der Waals surface area contributed by atoms with Crippen LogP contribution in [0.25, 0.3) is 0 Å². The fraction of sp³-hybridized carbons (Fsp3) is 0.500. The first-order chi connectivity index (χ1) is 9.21. The van der Waals surface area contributed by atoms with Gasteiger partial charge in [-0.1, -0.05) is 15.9 Å². The molecule has 0 radical (unpaired) electrons. The van der Waals surface area contributed by atoms with Gasteiger partial charge >= 0.3 is 7.12 Å². The summed E-state index contributed by atoms with van der Waals surface area (Å²) < 4.78 is 13.0. The maximum atomic E-state index is 11.8. The Hall–Kier alpha value is -0.845. The smallest absolute Gasteiger partial charge is 0.399 e. The molecule has 2 aliphatic rings. The lowest BCUT2D eigenvalue weighted by Crippen LogP contribution is -2.41. The number of benzene rings is 1. The number of carbonyl (C=O) groups is 1. The number of hydrogen-bond donors (Lipinski definition) is 1. The number of halogens is 1. The Morgan fingerprint density at radius 1 is 1.20 bits per heavy atom. The summed E-state index contributed by atoms with van der Waals surface area (Å²) in [6.45, 7) is 8.64. The molecule has 1 aromatic carbocycles.